The van der Waals surface area contributed by atoms with Crippen LogP contribution in [0.25, 0.3) is 0 Å². The van der Waals surface area contributed by atoms with Crippen LogP contribution < -0.4 is 10.1 Å². The predicted octanol–water partition coefficient (Wildman–Crippen LogP) is 4.37. The Balaban J connectivity index is 2.10. The number of ether oxygens (including phenoxy) is 1. The normalized spacial score (nSPS) is 18.4. The SMILES string of the molecule is CCc1cc2c(cc1C(C)(C)N(C)C)CC(C(O)CNC/C(=C/C(C)(C)N(C)O)C(C)(C)C)O2. The first-order valence-electron chi connectivity index (χ1n) is 12.5. The molecular formula is C28H49N3O3. The number of fused-ring (bicyclic) bond motifs is 1. The van der Waals surface area contributed by atoms with Crippen LogP contribution in [0.2, 0.25) is 0 Å². The number of hydrogen-bond acceptors (Lipinski definition) is 6. The van der Waals surface area contributed by atoms with Gasteiger partial charge in [-0.15, -0.1) is 0 Å². The van der Waals surface area contributed by atoms with E-state index < -0.39 is 11.6 Å². The van der Waals surface area contributed by atoms with Gasteiger partial charge in [0, 0.05) is 32.1 Å². The summed E-state index contributed by atoms with van der Waals surface area (Å²) in [6.45, 7) is 18.2. The lowest BCUT2D eigenvalue weighted by molar-refractivity contribution is -0.121. The molecule has 1 aliphatic heterocycles. The summed E-state index contributed by atoms with van der Waals surface area (Å²) >= 11 is 0. The molecule has 6 nitrogen and oxygen atoms in total. The predicted molar refractivity (Wildman–Crippen MR) is 141 cm³/mol. The molecular weight excluding hydrogens is 426 g/mol. The summed E-state index contributed by atoms with van der Waals surface area (Å²) in [6, 6.07) is 4.45. The van der Waals surface area contributed by atoms with Crippen LogP contribution >= 0.6 is 0 Å². The Bertz CT molecular complexity index is 866. The Morgan fingerprint density at radius 2 is 1.76 bits per heavy atom. The zero-order valence-electron chi connectivity index (χ0n) is 23.4. The maximum atomic E-state index is 10.9. The zero-order valence-corrected chi connectivity index (χ0v) is 23.4. The fourth-order valence-electron chi connectivity index (χ4n) is 4.21. The van der Waals surface area contributed by atoms with Crippen molar-refractivity contribution < 1.29 is 15.1 Å². The largest absolute Gasteiger partial charge is 0.487 e. The van der Waals surface area contributed by atoms with Gasteiger partial charge >= 0.3 is 0 Å². The van der Waals surface area contributed by atoms with Gasteiger partial charge in [-0.1, -0.05) is 39.3 Å². The summed E-state index contributed by atoms with van der Waals surface area (Å²) in [5.74, 6) is 0.905. The summed E-state index contributed by atoms with van der Waals surface area (Å²) in [4.78, 5) is 2.25. The van der Waals surface area contributed by atoms with Gasteiger partial charge in [0.2, 0.25) is 0 Å². The standard InChI is InChI=1S/C28H49N3O3/c1-12-19-14-24-20(13-22(19)28(7,8)30(9)10)15-25(34-24)23(32)18-29-17-21(26(2,3)4)16-27(5,6)31(11)33/h13-14,16,23,25,29,32-33H,12,15,17-18H2,1-11H3/b21-16-. The first-order valence-corrected chi connectivity index (χ1v) is 12.5. The molecule has 0 radical (unpaired) electrons. The number of benzene rings is 1. The number of hydrogen-bond donors (Lipinski definition) is 3. The summed E-state index contributed by atoms with van der Waals surface area (Å²) in [5, 5.41) is 25.6. The smallest absolute Gasteiger partial charge is 0.130 e. The molecule has 2 unspecified atom stereocenters. The van der Waals surface area contributed by atoms with Crippen LogP contribution in [0.5, 0.6) is 5.75 Å². The highest BCUT2D eigenvalue weighted by molar-refractivity contribution is 5.48. The number of nitrogens with zero attached hydrogens (tertiary/aromatic N) is 2. The highest BCUT2D eigenvalue weighted by Gasteiger charge is 2.33. The quantitative estimate of drug-likeness (QED) is 0.345. The fourth-order valence-corrected chi connectivity index (χ4v) is 4.21. The van der Waals surface area contributed by atoms with E-state index in [-0.39, 0.29) is 17.1 Å². The van der Waals surface area contributed by atoms with Gasteiger partial charge in [0.05, 0.1) is 5.54 Å². The van der Waals surface area contributed by atoms with E-state index in [0.717, 1.165) is 12.2 Å². The van der Waals surface area contributed by atoms with Crippen molar-refractivity contribution in [3.05, 3.63) is 40.5 Å². The molecule has 194 valence electrons. The van der Waals surface area contributed by atoms with Crippen LogP contribution in [0.4, 0.5) is 0 Å². The lowest BCUT2D eigenvalue weighted by atomic mass is 9.83. The van der Waals surface area contributed by atoms with E-state index in [4.69, 9.17) is 4.74 Å². The molecule has 6 heteroatoms. The molecule has 0 spiro atoms. The van der Waals surface area contributed by atoms with E-state index in [2.05, 4.69) is 84.1 Å². The number of rotatable bonds is 10. The molecule has 0 saturated carbocycles. The Morgan fingerprint density at radius 3 is 2.26 bits per heavy atom. The summed E-state index contributed by atoms with van der Waals surface area (Å²) in [7, 11) is 5.89. The molecule has 0 aromatic heterocycles. The highest BCUT2D eigenvalue weighted by Crippen LogP contribution is 2.38. The van der Waals surface area contributed by atoms with E-state index in [1.165, 1.54) is 27.3 Å². The second-order valence-corrected chi connectivity index (χ2v) is 12.1. The van der Waals surface area contributed by atoms with Crippen LogP contribution in [-0.4, -0.2) is 72.3 Å². The van der Waals surface area contributed by atoms with Crippen molar-refractivity contribution >= 4 is 0 Å². The molecule has 1 aliphatic rings. The van der Waals surface area contributed by atoms with Gasteiger partial charge in [-0.25, -0.2) is 0 Å². The van der Waals surface area contributed by atoms with Crippen molar-refractivity contribution in [1.29, 1.82) is 0 Å². The molecule has 2 rings (SSSR count). The number of aliphatic hydroxyl groups is 1. The average Bonchev–Trinajstić information content (AvgIpc) is 3.14. The molecule has 0 saturated heterocycles. The maximum absolute atomic E-state index is 10.9. The van der Waals surface area contributed by atoms with Gasteiger partial charge in [0.25, 0.3) is 0 Å². The van der Waals surface area contributed by atoms with E-state index in [9.17, 15) is 10.3 Å². The number of likely N-dealkylation sites (N-methyl/N-ethyl adjacent to an activating group) is 1. The van der Waals surface area contributed by atoms with Crippen LogP contribution in [0.1, 0.15) is 72.1 Å². The molecule has 0 aliphatic carbocycles. The van der Waals surface area contributed by atoms with Crippen molar-refractivity contribution in [3.8, 4) is 5.75 Å². The highest BCUT2D eigenvalue weighted by atomic mass is 16.5. The second kappa shape index (κ2) is 10.7. The lowest BCUT2D eigenvalue weighted by Gasteiger charge is -2.35. The van der Waals surface area contributed by atoms with Crippen molar-refractivity contribution in [3.63, 3.8) is 0 Å². The third kappa shape index (κ3) is 6.61. The number of hydroxylamine groups is 2. The topological polar surface area (TPSA) is 68.2 Å². The maximum Gasteiger partial charge on any atom is 0.130 e. The fraction of sp³-hybridized carbons (Fsp3) is 0.714. The third-order valence-corrected chi connectivity index (χ3v) is 7.57. The van der Waals surface area contributed by atoms with Gasteiger partial charge in [-0.2, -0.15) is 5.06 Å². The van der Waals surface area contributed by atoms with Crippen LogP contribution in [0.15, 0.2) is 23.8 Å². The molecule has 1 aromatic carbocycles. The van der Waals surface area contributed by atoms with Crippen molar-refractivity contribution in [2.24, 2.45) is 5.41 Å². The van der Waals surface area contributed by atoms with E-state index in [1.54, 1.807) is 7.05 Å². The first-order chi connectivity index (χ1) is 15.5. The van der Waals surface area contributed by atoms with Gasteiger partial charge < -0.3 is 25.3 Å². The molecule has 2 atom stereocenters. The van der Waals surface area contributed by atoms with Crippen LogP contribution in [0.3, 0.4) is 0 Å². The third-order valence-electron chi connectivity index (χ3n) is 7.57. The second-order valence-electron chi connectivity index (χ2n) is 12.1. The summed E-state index contributed by atoms with van der Waals surface area (Å²) in [6.07, 6.45) is 2.89. The number of aliphatic hydroxyl groups excluding tert-OH is 1. The van der Waals surface area contributed by atoms with E-state index in [1.807, 2.05) is 13.8 Å². The molecule has 1 aromatic rings. The molecule has 1 heterocycles. The van der Waals surface area contributed by atoms with Gasteiger partial charge in [0.15, 0.2) is 0 Å². The first kappa shape index (κ1) is 28.8. The van der Waals surface area contributed by atoms with Crippen molar-refractivity contribution in [2.75, 3.05) is 34.2 Å². The van der Waals surface area contributed by atoms with Crippen LogP contribution in [0, 0.1) is 5.41 Å². The van der Waals surface area contributed by atoms with Crippen LogP contribution in [-0.2, 0) is 18.4 Å². The molecule has 0 bridgehead atoms. The Kier molecular flexibility index (Phi) is 9.04. The van der Waals surface area contributed by atoms with Gasteiger partial charge in [-0.05, 0) is 82.4 Å². The Labute approximate surface area is 207 Å². The Morgan fingerprint density at radius 1 is 1.15 bits per heavy atom. The van der Waals surface area contributed by atoms with E-state index >= 15 is 0 Å². The van der Waals surface area contributed by atoms with Gasteiger partial charge in [-0.3, -0.25) is 0 Å². The number of nitrogens with one attached hydrogen (secondary N) is 1. The summed E-state index contributed by atoms with van der Waals surface area (Å²) in [5.41, 5.74) is 4.36. The number of aryl methyl sites for hydroxylation is 1. The molecule has 34 heavy (non-hydrogen) atoms. The van der Waals surface area contributed by atoms with Gasteiger partial charge in [0.1, 0.15) is 18.0 Å². The molecule has 0 fully saturated rings. The minimum atomic E-state index is -0.613. The minimum Gasteiger partial charge on any atom is -0.487 e. The zero-order chi connectivity index (χ0) is 26.1. The molecule has 3 N–H and O–H groups in total. The van der Waals surface area contributed by atoms with Crippen molar-refractivity contribution in [2.45, 2.75) is 91.5 Å². The average molecular weight is 476 g/mol. The summed E-state index contributed by atoms with van der Waals surface area (Å²) < 4.78 is 6.22. The lowest BCUT2D eigenvalue weighted by Crippen LogP contribution is -2.41. The minimum absolute atomic E-state index is 0.0580. The monoisotopic (exact) mass is 475 g/mol. The molecule has 0 amide bonds. The van der Waals surface area contributed by atoms with Crippen molar-refractivity contribution in [1.82, 2.24) is 15.3 Å². The Hall–Kier alpha value is -1.44. The van der Waals surface area contributed by atoms with E-state index in [0.29, 0.717) is 19.5 Å².